The van der Waals surface area contributed by atoms with Gasteiger partial charge in [0, 0.05) is 13.1 Å². The number of nitrogens with one attached hydrogen (secondary N) is 1. The normalized spacial score (nSPS) is 18.3. The summed E-state index contributed by atoms with van der Waals surface area (Å²) in [7, 11) is 0. The Bertz CT molecular complexity index is 522. The monoisotopic (exact) mass is 326 g/mol. The van der Waals surface area contributed by atoms with E-state index in [4.69, 9.17) is 5.11 Å². The summed E-state index contributed by atoms with van der Waals surface area (Å²) < 4.78 is 0. The van der Waals surface area contributed by atoms with Gasteiger partial charge >= 0.3 is 5.97 Å². The number of piperidine rings is 1. The van der Waals surface area contributed by atoms with Crippen molar-refractivity contribution in [2.45, 2.75) is 26.3 Å². The highest BCUT2D eigenvalue weighted by Crippen LogP contribution is 2.16. The SMILES string of the molecule is Cc1cccc(CNC(=O)CN2CCCC(C(=O)O)C2)c1.Cl. The lowest BCUT2D eigenvalue weighted by atomic mass is 9.98. The fraction of sp³-hybridized carbons (Fsp3) is 0.500. The van der Waals surface area contributed by atoms with Gasteiger partial charge in [-0.15, -0.1) is 12.4 Å². The lowest BCUT2D eigenvalue weighted by Gasteiger charge is -2.29. The van der Waals surface area contributed by atoms with Crippen molar-refractivity contribution in [3.8, 4) is 0 Å². The zero-order valence-corrected chi connectivity index (χ0v) is 13.6. The number of hydrogen-bond donors (Lipinski definition) is 2. The highest BCUT2D eigenvalue weighted by molar-refractivity contribution is 5.85. The van der Waals surface area contributed by atoms with Crippen LogP contribution in [0.5, 0.6) is 0 Å². The quantitative estimate of drug-likeness (QED) is 0.866. The van der Waals surface area contributed by atoms with Gasteiger partial charge in [-0.05, 0) is 31.9 Å². The van der Waals surface area contributed by atoms with Crippen molar-refractivity contribution in [1.29, 1.82) is 0 Å². The molecular weight excluding hydrogens is 304 g/mol. The van der Waals surface area contributed by atoms with E-state index in [1.54, 1.807) is 0 Å². The van der Waals surface area contributed by atoms with E-state index in [0.29, 0.717) is 19.5 Å². The molecule has 1 atom stereocenters. The van der Waals surface area contributed by atoms with Gasteiger partial charge in [-0.3, -0.25) is 14.5 Å². The number of benzene rings is 1. The van der Waals surface area contributed by atoms with E-state index in [9.17, 15) is 9.59 Å². The number of carboxylic acid groups (broad SMARTS) is 1. The number of aliphatic carboxylic acids is 1. The molecule has 0 spiro atoms. The number of aryl methyl sites for hydroxylation is 1. The lowest BCUT2D eigenvalue weighted by molar-refractivity contribution is -0.144. The fourth-order valence-corrected chi connectivity index (χ4v) is 2.68. The van der Waals surface area contributed by atoms with Crippen molar-refractivity contribution in [2.24, 2.45) is 5.92 Å². The third-order valence-electron chi connectivity index (χ3n) is 3.79. The maximum atomic E-state index is 11.9. The minimum atomic E-state index is -0.764. The molecule has 2 N–H and O–H groups in total. The number of carbonyl (C=O) groups is 2. The first-order valence-electron chi connectivity index (χ1n) is 7.32. The number of halogens is 1. The van der Waals surface area contributed by atoms with Crippen molar-refractivity contribution in [3.05, 3.63) is 35.4 Å². The highest BCUT2D eigenvalue weighted by atomic mass is 35.5. The molecule has 1 unspecified atom stereocenters. The number of carboxylic acids is 1. The summed E-state index contributed by atoms with van der Waals surface area (Å²) in [5.41, 5.74) is 2.24. The predicted molar refractivity (Wildman–Crippen MR) is 87.1 cm³/mol. The molecule has 0 saturated carbocycles. The van der Waals surface area contributed by atoms with Crippen LogP contribution in [0.2, 0.25) is 0 Å². The van der Waals surface area contributed by atoms with Crippen LogP contribution in [0, 0.1) is 12.8 Å². The molecule has 1 aromatic rings. The van der Waals surface area contributed by atoms with Crippen LogP contribution in [0.15, 0.2) is 24.3 Å². The first-order chi connectivity index (χ1) is 10.0. The Balaban J connectivity index is 0.00000242. The number of carbonyl (C=O) groups excluding carboxylic acids is 1. The number of likely N-dealkylation sites (tertiary alicyclic amines) is 1. The van der Waals surface area contributed by atoms with E-state index in [0.717, 1.165) is 18.5 Å². The van der Waals surface area contributed by atoms with Crippen LogP contribution >= 0.6 is 12.4 Å². The molecule has 1 aliphatic rings. The van der Waals surface area contributed by atoms with Crippen molar-refractivity contribution < 1.29 is 14.7 Å². The molecule has 0 aromatic heterocycles. The van der Waals surface area contributed by atoms with Crippen LogP contribution in [0.25, 0.3) is 0 Å². The Morgan fingerprint density at radius 3 is 2.86 bits per heavy atom. The van der Waals surface area contributed by atoms with Crippen LogP contribution in [0.4, 0.5) is 0 Å². The summed E-state index contributed by atoms with van der Waals surface area (Å²) in [6, 6.07) is 8.01. The summed E-state index contributed by atoms with van der Waals surface area (Å²) in [4.78, 5) is 24.9. The van der Waals surface area contributed by atoms with Crippen LogP contribution in [-0.2, 0) is 16.1 Å². The molecule has 1 heterocycles. The van der Waals surface area contributed by atoms with E-state index in [1.165, 1.54) is 5.56 Å². The Morgan fingerprint density at radius 1 is 1.41 bits per heavy atom. The van der Waals surface area contributed by atoms with Gasteiger partial charge in [0.1, 0.15) is 0 Å². The third-order valence-corrected chi connectivity index (χ3v) is 3.79. The Morgan fingerprint density at radius 2 is 2.18 bits per heavy atom. The second kappa shape index (κ2) is 8.76. The van der Waals surface area contributed by atoms with Crippen LogP contribution in [0.1, 0.15) is 24.0 Å². The molecule has 0 bridgehead atoms. The average molecular weight is 327 g/mol. The Kier molecular flexibility index (Phi) is 7.35. The predicted octanol–water partition coefficient (Wildman–Crippen LogP) is 1.83. The van der Waals surface area contributed by atoms with Gasteiger partial charge in [0.2, 0.25) is 5.91 Å². The van der Waals surface area contributed by atoms with Gasteiger partial charge in [0.15, 0.2) is 0 Å². The van der Waals surface area contributed by atoms with E-state index < -0.39 is 5.97 Å². The Labute approximate surface area is 137 Å². The molecule has 1 amide bonds. The zero-order valence-electron chi connectivity index (χ0n) is 12.7. The fourth-order valence-electron chi connectivity index (χ4n) is 2.68. The van der Waals surface area contributed by atoms with Gasteiger partial charge in [-0.1, -0.05) is 29.8 Å². The molecule has 22 heavy (non-hydrogen) atoms. The second-order valence-corrected chi connectivity index (χ2v) is 5.68. The van der Waals surface area contributed by atoms with Crippen LogP contribution < -0.4 is 5.32 Å². The lowest BCUT2D eigenvalue weighted by Crippen LogP contribution is -2.44. The van der Waals surface area contributed by atoms with Crippen molar-refractivity contribution in [2.75, 3.05) is 19.6 Å². The number of rotatable bonds is 5. The maximum absolute atomic E-state index is 11.9. The molecular formula is C16H23ClN2O3. The first-order valence-corrected chi connectivity index (χ1v) is 7.32. The van der Waals surface area contributed by atoms with E-state index in [-0.39, 0.29) is 30.8 Å². The van der Waals surface area contributed by atoms with Crippen LogP contribution in [-0.4, -0.2) is 41.5 Å². The van der Waals surface area contributed by atoms with E-state index in [2.05, 4.69) is 5.32 Å². The highest BCUT2D eigenvalue weighted by Gasteiger charge is 2.26. The molecule has 0 radical (unpaired) electrons. The topological polar surface area (TPSA) is 69.6 Å². The van der Waals surface area contributed by atoms with Gasteiger partial charge in [0.05, 0.1) is 12.5 Å². The summed E-state index contributed by atoms with van der Waals surface area (Å²) in [5, 5.41) is 11.9. The van der Waals surface area contributed by atoms with Crippen LogP contribution in [0.3, 0.4) is 0 Å². The summed E-state index contributed by atoms with van der Waals surface area (Å²) in [5.74, 6) is -1.16. The third kappa shape index (κ3) is 5.66. The number of amides is 1. The Hall–Kier alpha value is -1.59. The van der Waals surface area contributed by atoms with E-state index in [1.807, 2.05) is 36.1 Å². The molecule has 1 fully saturated rings. The molecule has 1 aromatic carbocycles. The number of hydrogen-bond acceptors (Lipinski definition) is 3. The van der Waals surface area contributed by atoms with Gasteiger partial charge < -0.3 is 10.4 Å². The minimum Gasteiger partial charge on any atom is -0.481 e. The van der Waals surface area contributed by atoms with Gasteiger partial charge in [-0.2, -0.15) is 0 Å². The first kappa shape index (κ1) is 18.5. The van der Waals surface area contributed by atoms with Crippen molar-refractivity contribution in [3.63, 3.8) is 0 Å². The molecule has 5 nitrogen and oxygen atoms in total. The van der Waals surface area contributed by atoms with Gasteiger partial charge in [0.25, 0.3) is 0 Å². The summed E-state index contributed by atoms with van der Waals surface area (Å²) >= 11 is 0. The molecule has 2 rings (SSSR count). The standard InChI is InChI=1S/C16H22N2O3.ClH/c1-12-4-2-5-13(8-12)9-17-15(19)11-18-7-3-6-14(10-18)16(20)21;/h2,4-5,8,14H,3,6-7,9-11H2,1H3,(H,17,19)(H,20,21);1H. The zero-order chi connectivity index (χ0) is 15.2. The second-order valence-electron chi connectivity index (χ2n) is 5.68. The molecule has 1 saturated heterocycles. The molecule has 1 aliphatic heterocycles. The van der Waals surface area contributed by atoms with E-state index >= 15 is 0 Å². The minimum absolute atomic E-state index is 0. The molecule has 0 aliphatic carbocycles. The average Bonchev–Trinajstić information content (AvgIpc) is 2.45. The maximum Gasteiger partial charge on any atom is 0.307 e. The summed E-state index contributed by atoms with van der Waals surface area (Å²) in [6.07, 6.45) is 1.54. The van der Waals surface area contributed by atoms with Crippen molar-refractivity contribution >= 4 is 24.3 Å². The summed E-state index contributed by atoms with van der Waals surface area (Å²) in [6.45, 7) is 4.06. The largest absolute Gasteiger partial charge is 0.481 e. The number of nitrogens with zero attached hydrogens (tertiary/aromatic N) is 1. The molecule has 122 valence electrons. The molecule has 6 heteroatoms. The van der Waals surface area contributed by atoms with Crippen molar-refractivity contribution in [1.82, 2.24) is 10.2 Å². The smallest absolute Gasteiger partial charge is 0.307 e. The van der Waals surface area contributed by atoms with Gasteiger partial charge in [-0.25, -0.2) is 0 Å².